The molecule has 1 amide bonds. The first-order valence-corrected chi connectivity index (χ1v) is 6.77. The van der Waals surface area contributed by atoms with Gasteiger partial charge in [-0.05, 0) is 32.6 Å². The molecule has 1 aliphatic rings. The highest BCUT2D eigenvalue weighted by Gasteiger charge is 2.23. The standard InChI is InChI=1S/C14H23N3O/c1-4-16(5-2)11-13(10-15)14(18)17-8-6-12(3)7-9-17/h11-12H,4-9H2,1-3H3/b13-11-. The van der Waals surface area contributed by atoms with Gasteiger partial charge >= 0.3 is 0 Å². The van der Waals surface area contributed by atoms with Gasteiger partial charge in [0, 0.05) is 32.4 Å². The summed E-state index contributed by atoms with van der Waals surface area (Å²) in [5.41, 5.74) is 0.258. The van der Waals surface area contributed by atoms with Gasteiger partial charge in [-0.3, -0.25) is 4.79 Å². The molecule has 1 aliphatic heterocycles. The Labute approximate surface area is 110 Å². The van der Waals surface area contributed by atoms with Crippen LogP contribution in [-0.2, 0) is 4.79 Å². The van der Waals surface area contributed by atoms with Crippen LogP contribution in [0.1, 0.15) is 33.6 Å². The van der Waals surface area contributed by atoms with E-state index in [9.17, 15) is 4.79 Å². The molecule has 0 aromatic heterocycles. The highest BCUT2D eigenvalue weighted by molar-refractivity contribution is 5.97. The Morgan fingerprint density at radius 2 is 1.94 bits per heavy atom. The molecule has 1 rings (SSSR count). The van der Waals surface area contributed by atoms with E-state index < -0.39 is 0 Å². The first-order chi connectivity index (χ1) is 8.62. The van der Waals surface area contributed by atoms with E-state index in [0.29, 0.717) is 5.92 Å². The van der Waals surface area contributed by atoms with E-state index in [4.69, 9.17) is 5.26 Å². The van der Waals surface area contributed by atoms with Gasteiger partial charge in [0.25, 0.3) is 5.91 Å². The fourth-order valence-corrected chi connectivity index (χ4v) is 2.10. The fourth-order valence-electron chi connectivity index (χ4n) is 2.10. The number of amides is 1. The third-order valence-corrected chi connectivity index (χ3v) is 3.55. The molecule has 4 nitrogen and oxygen atoms in total. The van der Waals surface area contributed by atoms with Crippen LogP contribution >= 0.6 is 0 Å². The summed E-state index contributed by atoms with van der Waals surface area (Å²) >= 11 is 0. The van der Waals surface area contributed by atoms with Crippen LogP contribution in [0.2, 0.25) is 0 Å². The topological polar surface area (TPSA) is 47.3 Å². The third kappa shape index (κ3) is 3.76. The number of likely N-dealkylation sites (tertiary alicyclic amines) is 1. The average Bonchev–Trinajstić information content (AvgIpc) is 2.40. The van der Waals surface area contributed by atoms with Crippen LogP contribution in [0.15, 0.2) is 11.8 Å². The van der Waals surface area contributed by atoms with Gasteiger partial charge in [0.05, 0.1) is 0 Å². The minimum Gasteiger partial charge on any atom is -0.377 e. The first-order valence-electron chi connectivity index (χ1n) is 6.77. The molecule has 0 aromatic carbocycles. The molecule has 1 saturated heterocycles. The molecule has 1 fully saturated rings. The van der Waals surface area contributed by atoms with Gasteiger partial charge in [-0.1, -0.05) is 6.92 Å². The maximum atomic E-state index is 12.2. The molecule has 1 heterocycles. The monoisotopic (exact) mass is 249 g/mol. The number of carbonyl (C=O) groups is 1. The van der Waals surface area contributed by atoms with Crippen molar-refractivity contribution in [2.24, 2.45) is 5.92 Å². The fraction of sp³-hybridized carbons (Fsp3) is 0.714. The van der Waals surface area contributed by atoms with Crippen LogP contribution in [0, 0.1) is 17.2 Å². The van der Waals surface area contributed by atoms with Crippen LogP contribution in [0.3, 0.4) is 0 Å². The molecule has 18 heavy (non-hydrogen) atoms. The number of hydrogen-bond acceptors (Lipinski definition) is 3. The summed E-state index contributed by atoms with van der Waals surface area (Å²) in [6, 6.07) is 2.04. The van der Waals surface area contributed by atoms with Crippen molar-refractivity contribution >= 4 is 5.91 Å². The van der Waals surface area contributed by atoms with E-state index in [0.717, 1.165) is 39.0 Å². The summed E-state index contributed by atoms with van der Waals surface area (Å²) < 4.78 is 0. The molecular formula is C14H23N3O. The normalized spacial score (nSPS) is 17.4. The van der Waals surface area contributed by atoms with Crippen molar-refractivity contribution in [3.63, 3.8) is 0 Å². The maximum absolute atomic E-state index is 12.2. The van der Waals surface area contributed by atoms with Gasteiger partial charge in [-0.2, -0.15) is 5.26 Å². The molecule has 0 aliphatic carbocycles. The summed E-state index contributed by atoms with van der Waals surface area (Å²) in [6.45, 7) is 9.41. The van der Waals surface area contributed by atoms with Crippen LogP contribution < -0.4 is 0 Å². The van der Waals surface area contributed by atoms with E-state index >= 15 is 0 Å². The molecule has 0 aromatic rings. The minimum atomic E-state index is -0.115. The van der Waals surface area contributed by atoms with Crippen LogP contribution in [-0.4, -0.2) is 41.9 Å². The molecule has 0 radical (unpaired) electrons. The second-order valence-electron chi connectivity index (χ2n) is 4.85. The van der Waals surface area contributed by atoms with Crippen LogP contribution in [0.5, 0.6) is 0 Å². The van der Waals surface area contributed by atoms with Crippen molar-refractivity contribution in [2.75, 3.05) is 26.2 Å². The summed E-state index contributed by atoms with van der Waals surface area (Å²) in [4.78, 5) is 16.0. The van der Waals surface area contributed by atoms with Gasteiger partial charge in [-0.15, -0.1) is 0 Å². The highest BCUT2D eigenvalue weighted by Crippen LogP contribution is 2.17. The Kier molecular flexibility index (Phi) is 5.70. The van der Waals surface area contributed by atoms with Crippen molar-refractivity contribution in [1.29, 1.82) is 5.26 Å². The molecule has 0 unspecified atom stereocenters. The maximum Gasteiger partial charge on any atom is 0.266 e. The van der Waals surface area contributed by atoms with E-state index in [1.807, 2.05) is 24.8 Å². The summed E-state index contributed by atoms with van der Waals surface area (Å²) in [5, 5.41) is 9.13. The molecule has 0 bridgehead atoms. The van der Waals surface area contributed by atoms with Crippen LogP contribution in [0.4, 0.5) is 0 Å². The zero-order chi connectivity index (χ0) is 13.5. The van der Waals surface area contributed by atoms with Crippen molar-refractivity contribution in [3.8, 4) is 6.07 Å². The lowest BCUT2D eigenvalue weighted by Gasteiger charge is -2.30. The van der Waals surface area contributed by atoms with E-state index in [2.05, 4.69) is 6.92 Å². The second-order valence-corrected chi connectivity index (χ2v) is 4.85. The minimum absolute atomic E-state index is 0.115. The predicted molar refractivity (Wildman–Crippen MR) is 71.6 cm³/mol. The number of piperidine rings is 1. The number of carbonyl (C=O) groups excluding carboxylic acids is 1. The largest absolute Gasteiger partial charge is 0.377 e. The number of rotatable bonds is 4. The lowest BCUT2D eigenvalue weighted by atomic mass is 9.99. The van der Waals surface area contributed by atoms with Gasteiger partial charge in [0.15, 0.2) is 0 Å². The SMILES string of the molecule is CCN(/C=C(/C#N)C(=O)N1CCC(C)CC1)CC. The first kappa shape index (κ1) is 14.6. The predicted octanol–water partition coefficient (Wildman–Crippen LogP) is 1.99. The van der Waals surface area contributed by atoms with Gasteiger partial charge in [-0.25, -0.2) is 0 Å². The smallest absolute Gasteiger partial charge is 0.266 e. The lowest BCUT2D eigenvalue weighted by molar-refractivity contribution is -0.128. The Morgan fingerprint density at radius 3 is 2.39 bits per heavy atom. The molecule has 100 valence electrons. The van der Waals surface area contributed by atoms with Crippen LogP contribution in [0.25, 0.3) is 0 Å². The van der Waals surface area contributed by atoms with Gasteiger partial charge in [0.2, 0.25) is 0 Å². The molecule has 0 N–H and O–H groups in total. The molecular weight excluding hydrogens is 226 g/mol. The number of nitriles is 1. The Hall–Kier alpha value is -1.50. The molecule has 0 spiro atoms. The van der Waals surface area contributed by atoms with Crippen molar-refractivity contribution in [3.05, 3.63) is 11.8 Å². The summed E-state index contributed by atoms with van der Waals surface area (Å²) in [6.07, 6.45) is 3.77. The van der Waals surface area contributed by atoms with Gasteiger partial charge < -0.3 is 9.80 Å². The molecule has 4 heteroatoms. The molecule has 0 saturated carbocycles. The number of hydrogen-bond donors (Lipinski definition) is 0. The summed E-state index contributed by atoms with van der Waals surface area (Å²) in [7, 11) is 0. The Balaban J connectivity index is 2.71. The van der Waals surface area contributed by atoms with E-state index in [1.54, 1.807) is 11.1 Å². The zero-order valence-electron chi connectivity index (χ0n) is 11.6. The second kappa shape index (κ2) is 7.05. The molecule has 0 atom stereocenters. The lowest BCUT2D eigenvalue weighted by Crippen LogP contribution is -2.39. The van der Waals surface area contributed by atoms with E-state index in [-0.39, 0.29) is 11.5 Å². The van der Waals surface area contributed by atoms with Crippen molar-refractivity contribution < 1.29 is 4.79 Å². The van der Waals surface area contributed by atoms with Crippen molar-refractivity contribution in [1.82, 2.24) is 9.80 Å². The quantitative estimate of drug-likeness (QED) is 0.565. The number of nitrogens with zero attached hydrogens (tertiary/aromatic N) is 3. The highest BCUT2D eigenvalue weighted by atomic mass is 16.2. The zero-order valence-corrected chi connectivity index (χ0v) is 11.6. The third-order valence-electron chi connectivity index (χ3n) is 3.55. The van der Waals surface area contributed by atoms with Gasteiger partial charge in [0.1, 0.15) is 11.6 Å². The van der Waals surface area contributed by atoms with Crippen molar-refractivity contribution in [2.45, 2.75) is 33.6 Å². The average molecular weight is 249 g/mol. The summed E-state index contributed by atoms with van der Waals surface area (Å²) in [5.74, 6) is 0.572. The Morgan fingerprint density at radius 1 is 1.39 bits per heavy atom. The Bertz CT molecular complexity index is 345. The van der Waals surface area contributed by atoms with E-state index in [1.165, 1.54) is 0 Å².